The Morgan fingerprint density at radius 3 is 3.00 bits per heavy atom. The van der Waals surface area contributed by atoms with Crippen molar-refractivity contribution >= 4 is 34.6 Å². The van der Waals surface area contributed by atoms with E-state index in [2.05, 4.69) is 10.3 Å². The Morgan fingerprint density at radius 1 is 1.53 bits per heavy atom. The Labute approximate surface area is 103 Å². The highest BCUT2D eigenvalue weighted by molar-refractivity contribution is 6.35. The minimum Gasteiger partial charge on any atom is -0.369 e. The van der Waals surface area contributed by atoms with E-state index >= 15 is 0 Å². The number of amides is 2. The summed E-state index contributed by atoms with van der Waals surface area (Å²) < 4.78 is 1.74. The molecule has 0 bridgehead atoms. The van der Waals surface area contributed by atoms with Crippen LogP contribution in [0.5, 0.6) is 0 Å². The predicted octanol–water partition coefficient (Wildman–Crippen LogP) is 0.940. The number of carbonyl (C=O) groups excluding carboxylic acids is 1. The molecule has 0 aliphatic heterocycles. The second-order valence-electron chi connectivity index (χ2n) is 3.52. The molecule has 0 aliphatic carbocycles. The lowest BCUT2D eigenvalue weighted by Gasteiger charge is -2.07. The zero-order chi connectivity index (χ0) is 12.4. The number of carbonyl (C=O) groups is 1. The topological polar surface area (TPSA) is 99.0 Å². The van der Waals surface area contributed by atoms with Gasteiger partial charge in [-0.2, -0.15) is 0 Å². The van der Waals surface area contributed by atoms with Crippen molar-refractivity contribution in [2.45, 2.75) is 6.54 Å². The monoisotopic (exact) mass is 253 g/mol. The van der Waals surface area contributed by atoms with E-state index < -0.39 is 6.03 Å². The van der Waals surface area contributed by atoms with Crippen LogP contribution in [0.1, 0.15) is 0 Å². The van der Waals surface area contributed by atoms with E-state index in [1.807, 2.05) is 12.1 Å². The minimum atomic E-state index is -0.570. The van der Waals surface area contributed by atoms with Crippen molar-refractivity contribution in [1.29, 1.82) is 0 Å². The van der Waals surface area contributed by atoms with Crippen LogP contribution in [-0.2, 0) is 6.54 Å². The highest BCUT2D eigenvalue weighted by atomic mass is 35.5. The van der Waals surface area contributed by atoms with Crippen LogP contribution >= 0.6 is 11.6 Å². The minimum absolute atomic E-state index is 0.361. The largest absolute Gasteiger partial charge is 0.369 e. The number of imidazole rings is 1. The molecular weight excluding hydrogens is 242 g/mol. The molecule has 1 aromatic carbocycles. The van der Waals surface area contributed by atoms with Crippen LogP contribution in [-0.4, -0.2) is 22.1 Å². The van der Waals surface area contributed by atoms with Crippen molar-refractivity contribution in [2.24, 2.45) is 5.73 Å². The highest BCUT2D eigenvalue weighted by Gasteiger charge is 2.10. The fourth-order valence-electron chi connectivity index (χ4n) is 1.68. The third-order valence-corrected chi connectivity index (χ3v) is 2.69. The third kappa shape index (κ3) is 2.26. The summed E-state index contributed by atoms with van der Waals surface area (Å²) in [6.07, 6.45) is 0. The number of urea groups is 1. The van der Waals surface area contributed by atoms with Gasteiger partial charge in [0.15, 0.2) is 0 Å². The SMILES string of the molecule is NC(=O)NCCn1c(N)nc2cccc(Cl)c21. The fourth-order valence-corrected chi connectivity index (χ4v) is 1.95. The standard InChI is InChI=1S/C10H12ClN5O/c11-6-2-1-3-7-8(6)16(9(12)15-7)5-4-14-10(13)17/h1-3H,4-5H2,(H2,12,15)(H3,13,14,17). The predicted molar refractivity (Wildman–Crippen MR) is 66.7 cm³/mol. The Bertz CT molecular complexity index is 565. The molecule has 1 aromatic heterocycles. The number of rotatable bonds is 3. The summed E-state index contributed by atoms with van der Waals surface area (Å²) in [5, 5.41) is 3.06. The summed E-state index contributed by atoms with van der Waals surface area (Å²) in [5.74, 6) is 0.361. The summed E-state index contributed by atoms with van der Waals surface area (Å²) >= 11 is 6.09. The van der Waals surface area contributed by atoms with Crippen molar-refractivity contribution in [3.63, 3.8) is 0 Å². The van der Waals surface area contributed by atoms with E-state index in [4.69, 9.17) is 23.1 Å². The molecule has 0 fully saturated rings. The summed E-state index contributed by atoms with van der Waals surface area (Å²) in [6.45, 7) is 0.839. The number of nitrogen functional groups attached to an aromatic ring is 1. The van der Waals surface area contributed by atoms with Gasteiger partial charge in [-0.25, -0.2) is 9.78 Å². The molecule has 0 saturated heterocycles. The summed E-state index contributed by atoms with van der Waals surface area (Å²) in [5.41, 5.74) is 12.3. The molecule has 0 atom stereocenters. The number of halogens is 1. The van der Waals surface area contributed by atoms with Gasteiger partial charge in [0.1, 0.15) is 0 Å². The second kappa shape index (κ2) is 4.50. The van der Waals surface area contributed by atoms with Crippen LogP contribution in [0.2, 0.25) is 5.02 Å². The third-order valence-electron chi connectivity index (χ3n) is 2.38. The van der Waals surface area contributed by atoms with E-state index in [-0.39, 0.29) is 0 Å². The lowest BCUT2D eigenvalue weighted by molar-refractivity contribution is 0.248. The van der Waals surface area contributed by atoms with Crippen LogP contribution in [0.3, 0.4) is 0 Å². The second-order valence-corrected chi connectivity index (χ2v) is 3.93. The smallest absolute Gasteiger partial charge is 0.312 e. The van der Waals surface area contributed by atoms with Gasteiger partial charge in [0.25, 0.3) is 0 Å². The first-order chi connectivity index (χ1) is 8.09. The molecule has 7 heteroatoms. The van der Waals surface area contributed by atoms with E-state index in [0.29, 0.717) is 24.1 Å². The van der Waals surface area contributed by atoms with Crippen molar-refractivity contribution in [1.82, 2.24) is 14.9 Å². The average Bonchev–Trinajstić information content (AvgIpc) is 2.56. The first-order valence-electron chi connectivity index (χ1n) is 5.03. The summed E-state index contributed by atoms with van der Waals surface area (Å²) in [4.78, 5) is 14.8. The van der Waals surface area contributed by atoms with Gasteiger partial charge in [0.2, 0.25) is 5.95 Å². The van der Waals surface area contributed by atoms with Crippen molar-refractivity contribution in [3.8, 4) is 0 Å². The van der Waals surface area contributed by atoms with Crippen LogP contribution in [0.15, 0.2) is 18.2 Å². The first-order valence-corrected chi connectivity index (χ1v) is 5.41. The van der Waals surface area contributed by atoms with Crippen LogP contribution in [0.4, 0.5) is 10.7 Å². The number of anilines is 1. The lowest BCUT2D eigenvalue weighted by Crippen LogP contribution is -2.32. The molecule has 17 heavy (non-hydrogen) atoms. The number of nitrogens with zero attached hydrogens (tertiary/aromatic N) is 2. The maximum Gasteiger partial charge on any atom is 0.312 e. The number of primary amides is 1. The van der Waals surface area contributed by atoms with E-state index in [9.17, 15) is 4.79 Å². The molecule has 2 amide bonds. The Hall–Kier alpha value is -1.95. The molecule has 0 aliphatic rings. The summed E-state index contributed by atoms with van der Waals surface area (Å²) in [7, 11) is 0. The number of hydrogen-bond acceptors (Lipinski definition) is 3. The molecule has 0 radical (unpaired) electrons. The zero-order valence-corrected chi connectivity index (χ0v) is 9.74. The zero-order valence-electron chi connectivity index (χ0n) is 8.98. The molecule has 0 spiro atoms. The van der Waals surface area contributed by atoms with Crippen LogP contribution in [0.25, 0.3) is 11.0 Å². The fraction of sp³-hybridized carbons (Fsp3) is 0.200. The number of aromatic nitrogens is 2. The molecule has 1 heterocycles. The number of hydrogen-bond donors (Lipinski definition) is 3. The van der Waals surface area contributed by atoms with Gasteiger partial charge in [0.05, 0.1) is 16.1 Å². The quantitative estimate of drug-likeness (QED) is 0.759. The van der Waals surface area contributed by atoms with Gasteiger partial charge < -0.3 is 21.4 Å². The van der Waals surface area contributed by atoms with Crippen molar-refractivity contribution in [2.75, 3.05) is 12.3 Å². The summed E-state index contributed by atoms with van der Waals surface area (Å²) in [6, 6.07) is 4.83. The van der Waals surface area contributed by atoms with E-state index in [1.54, 1.807) is 10.6 Å². The number of para-hydroxylation sites is 1. The number of nitrogens with two attached hydrogens (primary N) is 2. The van der Waals surface area contributed by atoms with Crippen molar-refractivity contribution in [3.05, 3.63) is 23.2 Å². The van der Waals surface area contributed by atoms with Gasteiger partial charge in [0, 0.05) is 13.1 Å². The maximum atomic E-state index is 10.6. The number of benzene rings is 1. The Morgan fingerprint density at radius 2 is 2.29 bits per heavy atom. The normalized spacial score (nSPS) is 10.6. The van der Waals surface area contributed by atoms with E-state index in [1.165, 1.54) is 0 Å². The molecular formula is C10H12ClN5O. The molecule has 6 nitrogen and oxygen atoms in total. The van der Waals surface area contributed by atoms with Gasteiger partial charge in [-0.1, -0.05) is 17.7 Å². The van der Waals surface area contributed by atoms with Gasteiger partial charge in [-0.15, -0.1) is 0 Å². The van der Waals surface area contributed by atoms with Gasteiger partial charge in [-0.05, 0) is 12.1 Å². The molecule has 5 N–H and O–H groups in total. The molecule has 90 valence electrons. The lowest BCUT2D eigenvalue weighted by atomic mass is 10.3. The van der Waals surface area contributed by atoms with Gasteiger partial charge in [-0.3, -0.25) is 0 Å². The Kier molecular flexibility index (Phi) is 3.06. The first kappa shape index (κ1) is 11.5. The molecule has 0 saturated carbocycles. The van der Waals surface area contributed by atoms with Crippen molar-refractivity contribution < 1.29 is 4.79 Å². The molecule has 2 rings (SSSR count). The average molecular weight is 254 g/mol. The number of fused-ring (bicyclic) bond motifs is 1. The van der Waals surface area contributed by atoms with Crippen LogP contribution < -0.4 is 16.8 Å². The van der Waals surface area contributed by atoms with Gasteiger partial charge >= 0.3 is 6.03 Å². The molecule has 2 aromatic rings. The number of nitrogens with one attached hydrogen (secondary N) is 1. The maximum absolute atomic E-state index is 10.6. The van der Waals surface area contributed by atoms with Crippen LogP contribution in [0, 0.1) is 0 Å². The Balaban J connectivity index is 2.32. The molecule has 0 unspecified atom stereocenters. The van der Waals surface area contributed by atoms with E-state index in [0.717, 1.165) is 11.0 Å². The highest BCUT2D eigenvalue weighted by Crippen LogP contribution is 2.25.